The van der Waals surface area contributed by atoms with Crippen molar-refractivity contribution in [1.82, 2.24) is 30.0 Å². The molecule has 1 amide bonds. The summed E-state index contributed by atoms with van der Waals surface area (Å²) in [7, 11) is 0. The first-order valence-corrected chi connectivity index (χ1v) is 18.0. The molecule has 0 bridgehead atoms. The van der Waals surface area contributed by atoms with Crippen molar-refractivity contribution < 1.29 is 23.0 Å². The number of anilines is 1. The fraction of sp³-hybridized carbons (Fsp3) is 0.325. The van der Waals surface area contributed by atoms with E-state index in [0.717, 1.165) is 31.2 Å². The third-order valence-electron chi connectivity index (χ3n) is 11.2. The molecule has 1 saturated carbocycles. The van der Waals surface area contributed by atoms with E-state index in [1.807, 2.05) is 42.5 Å². The molecule has 2 aliphatic heterocycles. The van der Waals surface area contributed by atoms with E-state index < -0.39 is 23.6 Å². The number of carbonyl (C=O) groups is 1. The molecule has 2 N–H and O–H groups in total. The molecule has 1 unspecified atom stereocenters. The lowest BCUT2D eigenvalue weighted by molar-refractivity contribution is -0.0368. The Morgan fingerprint density at radius 2 is 1.85 bits per heavy atom. The Morgan fingerprint density at radius 3 is 2.68 bits per heavy atom. The highest BCUT2D eigenvalue weighted by molar-refractivity contribution is 5.93. The smallest absolute Gasteiger partial charge is 0.407 e. The van der Waals surface area contributed by atoms with E-state index in [-0.39, 0.29) is 52.7 Å². The van der Waals surface area contributed by atoms with Crippen molar-refractivity contribution in [2.45, 2.75) is 43.9 Å². The monoisotopic (exact) mass is 717 g/mol. The molecule has 0 radical (unpaired) electrons. The van der Waals surface area contributed by atoms with Gasteiger partial charge in [-0.25, -0.2) is 28.2 Å². The molecule has 3 fully saturated rings. The summed E-state index contributed by atoms with van der Waals surface area (Å²) < 4.78 is 44.9. The van der Waals surface area contributed by atoms with Gasteiger partial charge in [-0.3, -0.25) is 4.79 Å². The minimum atomic E-state index is -0.621. The lowest BCUT2D eigenvalue weighted by Gasteiger charge is -2.27. The van der Waals surface area contributed by atoms with Crippen molar-refractivity contribution in [2.75, 3.05) is 31.1 Å². The third kappa shape index (κ3) is 5.79. The lowest BCUT2D eigenvalue weighted by atomic mass is 9.90. The summed E-state index contributed by atoms with van der Waals surface area (Å²) >= 11 is 0. The first-order chi connectivity index (χ1) is 25.9. The van der Waals surface area contributed by atoms with Gasteiger partial charge >= 0.3 is 6.09 Å². The first-order valence-electron chi connectivity index (χ1n) is 18.0. The van der Waals surface area contributed by atoms with Crippen molar-refractivity contribution in [3.8, 4) is 11.3 Å². The molecule has 11 nitrogen and oxygen atoms in total. The summed E-state index contributed by atoms with van der Waals surface area (Å²) in [4.78, 5) is 39.9. The second kappa shape index (κ2) is 13.4. The predicted molar refractivity (Wildman–Crippen MR) is 194 cm³/mol. The van der Waals surface area contributed by atoms with Crippen LogP contribution in [0.25, 0.3) is 33.2 Å². The summed E-state index contributed by atoms with van der Waals surface area (Å²) in [5.41, 5.74) is 1.89. The topological polar surface area (TPSA) is 127 Å². The van der Waals surface area contributed by atoms with Crippen LogP contribution in [-0.2, 0) is 21.5 Å². The summed E-state index contributed by atoms with van der Waals surface area (Å²) in [5.74, 6) is -0.0822. The molecule has 3 aromatic carbocycles. The molecule has 3 aliphatic rings. The zero-order valence-corrected chi connectivity index (χ0v) is 28.8. The standard InChI is InChI=1S/C40H37F2N7O4/c41-31-11-5-4-10-29(31)40(23-45-39(51)53-22-24-8-2-1-3-9-24)28-16-18-48(21-30(28)40)32-20-44-36-35(47-49(37(36)46-32)33-12-6-7-19-52-33)27-14-13-26-25(34(27)42)15-17-43-38(26)50/h1-5,8-11,13-15,17,20,28,30,33H,6-7,12,16,18-19,21-23H2,(H,43,50)(H,45,51)/t28-,30+,33?,40-/m1/s1. The van der Waals surface area contributed by atoms with Crippen LogP contribution in [0.1, 0.15) is 43.0 Å². The van der Waals surface area contributed by atoms with Crippen LogP contribution in [0.15, 0.2) is 90.0 Å². The number of nitrogens with one attached hydrogen (secondary N) is 2. The van der Waals surface area contributed by atoms with E-state index in [1.165, 1.54) is 18.3 Å². The lowest BCUT2D eigenvalue weighted by Crippen LogP contribution is -2.36. The van der Waals surface area contributed by atoms with Crippen LogP contribution < -0.4 is 15.8 Å². The van der Waals surface area contributed by atoms with E-state index >= 15 is 8.78 Å². The number of benzene rings is 3. The molecule has 4 atom stereocenters. The Bertz CT molecular complexity index is 2400. The number of hydrogen-bond donors (Lipinski definition) is 2. The van der Waals surface area contributed by atoms with Gasteiger partial charge in [0, 0.05) is 54.2 Å². The Hall–Kier alpha value is -5.69. The van der Waals surface area contributed by atoms with E-state index in [1.54, 1.807) is 29.1 Å². The SMILES string of the molecule is O=C(NC[C@]1(c2ccccc2F)[C@@H]2CCN(c3cnc4c(-c5ccc6c(=O)[nH]ccc6c5F)nn(C5CCCCO5)c4n3)C[C@@H]21)OCc1ccccc1. The normalized spacial score (nSPS) is 22.5. The number of halogens is 2. The van der Waals surface area contributed by atoms with Crippen LogP contribution in [0.2, 0.25) is 0 Å². The van der Waals surface area contributed by atoms with E-state index in [0.29, 0.717) is 47.9 Å². The van der Waals surface area contributed by atoms with Crippen molar-refractivity contribution in [3.63, 3.8) is 0 Å². The molecule has 53 heavy (non-hydrogen) atoms. The zero-order valence-electron chi connectivity index (χ0n) is 28.8. The van der Waals surface area contributed by atoms with Crippen LogP contribution >= 0.6 is 0 Å². The maximum absolute atomic E-state index is 16.1. The number of alkyl carbamates (subject to hydrolysis) is 1. The van der Waals surface area contributed by atoms with E-state index in [4.69, 9.17) is 24.5 Å². The zero-order chi connectivity index (χ0) is 36.1. The summed E-state index contributed by atoms with van der Waals surface area (Å²) in [6, 6.07) is 20.9. The second-order valence-corrected chi connectivity index (χ2v) is 14.1. The van der Waals surface area contributed by atoms with Crippen LogP contribution in [0.4, 0.5) is 19.4 Å². The number of aromatic amines is 1. The van der Waals surface area contributed by atoms with Gasteiger partial charge in [-0.1, -0.05) is 48.5 Å². The number of hydrogen-bond acceptors (Lipinski definition) is 8. The van der Waals surface area contributed by atoms with Crippen LogP contribution in [0, 0.1) is 23.5 Å². The number of piperidine rings is 1. The molecule has 13 heteroatoms. The van der Waals surface area contributed by atoms with Gasteiger partial charge in [-0.2, -0.15) is 5.10 Å². The van der Waals surface area contributed by atoms with Crippen molar-refractivity contribution in [1.29, 1.82) is 0 Å². The molecule has 3 aromatic heterocycles. The molecule has 6 aromatic rings. The highest BCUT2D eigenvalue weighted by Crippen LogP contribution is 2.63. The molecule has 9 rings (SSSR count). The van der Waals surface area contributed by atoms with Gasteiger partial charge in [0.2, 0.25) is 0 Å². The van der Waals surface area contributed by atoms with Gasteiger partial charge in [0.15, 0.2) is 11.9 Å². The molecule has 2 saturated heterocycles. The van der Waals surface area contributed by atoms with E-state index in [2.05, 4.69) is 15.2 Å². The van der Waals surface area contributed by atoms with Crippen LogP contribution in [0.5, 0.6) is 0 Å². The predicted octanol–water partition coefficient (Wildman–Crippen LogP) is 6.63. The highest BCUT2D eigenvalue weighted by Gasteiger charge is 2.67. The summed E-state index contributed by atoms with van der Waals surface area (Å²) in [6.07, 6.45) is 5.50. The quantitative estimate of drug-likeness (QED) is 0.180. The van der Waals surface area contributed by atoms with Crippen LogP contribution in [-0.4, -0.2) is 57.1 Å². The number of pyridine rings is 1. The van der Waals surface area contributed by atoms with Crippen molar-refractivity contribution in [2.24, 2.45) is 11.8 Å². The van der Waals surface area contributed by atoms with Gasteiger partial charge in [0.1, 0.15) is 35.3 Å². The molecule has 5 heterocycles. The molecule has 1 aliphatic carbocycles. The maximum Gasteiger partial charge on any atom is 0.407 e. The first kappa shape index (κ1) is 33.2. The fourth-order valence-corrected chi connectivity index (χ4v) is 8.54. The average molecular weight is 718 g/mol. The van der Waals surface area contributed by atoms with Gasteiger partial charge in [0.25, 0.3) is 5.56 Å². The van der Waals surface area contributed by atoms with Gasteiger partial charge in [-0.15, -0.1) is 0 Å². The van der Waals surface area contributed by atoms with Gasteiger partial charge in [0.05, 0.1) is 6.20 Å². The molecule has 270 valence electrons. The van der Waals surface area contributed by atoms with Crippen molar-refractivity contribution >= 4 is 33.8 Å². The molecule has 0 spiro atoms. The summed E-state index contributed by atoms with van der Waals surface area (Å²) in [5, 5.41) is 8.24. The fourth-order valence-electron chi connectivity index (χ4n) is 8.54. The number of fused-ring (bicyclic) bond motifs is 3. The number of H-pyrrole nitrogens is 1. The molecular weight excluding hydrogens is 680 g/mol. The molecular formula is C40H37F2N7O4. The number of nitrogens with zero attached hydrogens (tertiary/aromatic N) is 5. The van der Waals surface area contributed by atoms with Gasteiger partial charge < -0.3 is 24.7 Å². The number of carbonyl (C=O) groups excluding carboxylic acids is 1. The van der Waals surface area contributed by atoms with Gasteiger partial charge in [-0.05, 0) is 72.9 Å². The van der Waals surface area contributed by atoms with Crippen molar-refractivity contribution in [3.05, 3.63) is 118 Å². The Labute approximate surface area is 303 Å². The summed E-state index contributed by atoms with van der Waals surface area (Å²) in [6.45, 7) is 2.15. The average Bonchev–Trinajstić information content (AvgIpc) is 3.68. The third-order valence-corrected chi connectivity index (χ3v) is 11.2. The number of rotatable bonds is 8. The number of aromatic nitrogens is 5. The Kier molecular flexibility index (Phi) is 8.37. The second-order valence-electron chi connectivity index (χ2n) is 14.1. The highest BCUT2D eigenvalue weighted by atomic mass is 19.1. The van der Waals surface area contributed by atoms with Crippen LogP contribution in [0.3, 0.4) is 0 Å². The number of ether oxygens (including phenoxy) is 2. The number of amides is 1. The maximum atomic E-state index is 16.1. The Balaban J connectivity index is 1.02. The minimum absolute atomic E-state index is 0.0251. The Morgan fingerprint density at radius 1 is 1.00 bits per heavy atom. The van der Waals surface area contributed by atoms with E-state index in [9.17, 15) is 9.59 Å². The minimum Gasteiger partial charge on any atom is -0.445 e. The largest absolute Gasteiger partial charge is 0.445 e.